The summed E-state index contributed by atoms with van der Waals surface area (Å²) in [6.45, 7) is 0. The van der Waals surface area contributed by atoms with Gasteiger partial charge in [-0.25, -0.2) is 22.0 Å². The zero-order chi connectivity index (χ0) is 14.3. The van der Waals surface area contributed by atoms with Crippen molar-refractivity contribution in [3.05, 3.63) is 51.7 Å². The number of benzene rings is 1. The van der Waals surface area contributed by atoms with Crippen molar-refractivity contribution >= 4 is 5.69 Å². The van der Waals surface area contributed by atoms with E-state index in [1.54, 1.807) is 0 Å². The van der Waals surface area contributed by atoms with E-state index in [-0.39, 0.29) is 0 Å². The number of pyridine rings is 1. The Hall–Kier alpha value is -2.38. The zero-order valence-electron chi connectivity index (χ0n) is 9.03. The van der Waals surface area contributed by atoms with Crippen molar-refractivity contribution in [1.29, 1.82) is 0 Å². The van der Waals surface area contributed by atoms with Crippen LogP contribution in [0, 0.1) is 29.1 Å². The summed E-state index contributed by atoms with van der Waals surface area (Å²) in [5.74, 6) is -10.7. The van der Waals surface area contributed by atoms with Crippen LogP contribution in [-0.2, 0) is 0 Å². The van der Waals surface area contributed by atoms with Crippen LogP contribution in [0.3, 0.4) is 0 Å². The lowest BCUT2D eigenvalue weighted by atomic mass is 10.0. The van der Waals surface area contributed by atoms with Crippen LogP contribution in [0.5, 0.6) is 0 Å². The molecule has 0 spiro atoms. The third kappa shape index (κ3) is 1.85. The molecule has 0 unspecified atom stereocenters. The van der Waals surface area contributed by atoms with Gasteiger partial charge in [0, 0.05) is 12.4 Å². The highest BCUT2D eigenvalue weighted by molar-refractivity contribution is 5.67. The first-order valence-corrected chi connectivity index (χ1v) is 4.84. The van der Waals surface area contributed by atoms with Gasteiger partial charge in [0.2, 0.25) is 11.2 Å². The number of anilines is 1. The molecule has 0 aliphatic rings. The molecule has 100 valence electrons. The maximum absolute atomic E-state index is 13.5. The molecule has 2 aromatic rings. The predicted molar refractivity (Wildman–Crippen MR) is 56.7 cm³/mol. The molecule has 0 fully saturated rings. The van der Waals surface area contributed by atoms with E-state index in [1.807, 2.05) is 0 Å². The van der Waals surface area contributed by atoms with Crippen LogP contribution in [0.4, 0.5) is 27.6 Å². The molecule has 0 bridgehead atoms. The van der Waals surface area contributed by atoms with Crippen molar-refractivity contribution < 1.29 is 22.0 Å². The second kappa shape index (κ2) is 4.38. The first-order valence-electron chi connectivity index (χ1n) is 4.84. The summed E-state index contributed by atoms with van der Waals surface area (Å²) in [6, 6.07) is 0. The van der Waals surface area contributed by atoms with Gasteiger partial charge in [0.1, 0.15) is 0 Å². The Bertz CT molecular complexity index is 697. The lowest BCUT2D eigenvalue weighted by molar-refractivity contribution is 0.381. The van der Waals surface area contributed by atoms with E-state index in [2.05, 4.69) is 4.98 Å². The van der Waals surface area contributed by atoms with Gasteiger partial charge in [-0.3, -0.25) is 4.79 Å². The molecule has 19 heavy (non-hydrogen) atoms. The average molecular weight is 276 g/mol. The molecule has 2 rings (SSSR count). The molecule has 0 saturated heterocycles. The Balaban J connectivity index is 2.91. The molecule has 0 atom stereocenters. The maximum atomic E-state index is 13.5. The van der Waals surface area contributed by atoms with Gasteiger partial charge in [-0.1, -0.05) is 0 Å². The van der Waals surface area contributed by atoms with Crippen LogP contribution in [0.1, 0.15) is 0 Å². The van der Waals surface area contributed by atoms with E-state index in [4.69, 9.17) is 5.73 Å². The number of hydrogen-bond donors (Lipinski definition) is 2. The average Bonchev–Trinajstić information content (AvgIpc) is 2.39. The Morgan fingerprint density at radius 3 is 1.84 bits per heavy atom. The molecule has 0 saturated carbocycles. The van der Waals surface area contributed by atoms with E-state index in [9.17, 15) is 26.7 Å². The molecular formula is C11H5F5N2O. The summed E-state index contributed by atoms with van der Waals surface area (Å²) in [5.41, 5.74) is 1.70. The molecule has 1 aromatic carbocycles. The molecule has 8 heteroatoms. The largest absolute Gasteiger partial charge is 0.394 e. The number of nitrogens with one attached hydrogen (secondary N) is 1. The topological polar surface area (TPSA) is 58.9 Å². The van der Waals surface area contributed by atoms with Crippen LogP contribution in [0.2, 0.25) is 0 Å². The minimum absolute atomic E-state index is 0.415. The third-order valence-corrected chi connectivity index (χ3v) is 2.45. The Morgan fingerprint density at radius 1 is 0.842 bits per heavy atom. The minimum Gasteiger partial charge on any atom is -0.394 e. The van der Waals surface area contributed by atoms with Gasteiger partial charge in [0.15, 0.2) is 23.3 Å². The van der Waals surface area contributed by atoms with Crippen molar-refractivity contribution in [1.82, 2.24) is 4.98 Å². The molecule has 1 heterocycles. The van der Waals surface area contributed by atoms with Crippen molar-refractivity contribution in [3.63, 3.8) is 0 Å². The van der Waals surface area contributed by atoms with Crippen molar-refractivity contribution in [2.75, 3.05) is 5.73 Å². The van der Waals surface area contributed by atoms with Crippen LogP contribution in [0.25, 0.3) is 11.1 Å². The molecule has 0 aliphatic heterocycles. The predicted octanol–water partition coefficient (Wildman–Crippen LogP) is 2.32. The van der Waals surface area contributed by atoms with Crippen molar-refractivity contribution in [2.24, 2.45) is 0 Å². The quantitative estimate of drug-likeness (QED) is 0.477. The normalized spacial score (nSPS) is 10.8. The summed E-state index contributed by atoms with van der Waals surface area (Å²) in [6.07, 6.45) is 1.83. The van der Waals surface area contributed by atoms with Gasteiger partial charge in [0.25, 0.3) is 0 Å². The highest BCUT2D eigenvalue weighted by atomic mass is 19.2. The van der Waals surface area contributed by atoms with Crippen LogP contribution in [0.15, 0.2) is 17.2 Å². The first kappa shape index (κ1) is 13.1. The van der Waals surface area contributed by atoms with Crippen molar-refractivity contribution in [2.45, 2.75) is 0 Å². The number of nitrogen functional groups attached to an aromatic ring is 1. The summed E-state index contributed by atoms with van der Waals surface area (Å²) >= 11 is 0. The summed E-state index contributed by atoms with van der Waals surface area (Å²) < 4.78 is 65.9. The lowest BCUT2D eigenvalue weighted by Crippen LogP contribution is -2.14. The molecule has 0 amide bonds. The fourth-order valence-corrected chi connectivity index (χ4v) is 1.53. The van der Waals surface area contributed by atoms with E-state index in [0.29, 0.717) is 0 Å². The van der Waals surface area contributed by atoms with Gasteiger partial charge >= 0.3 is 0 Å². The van der Waals surface area contributed by atoms with Gasteiger partial charge < -0.3 is 10.7 Å². The highest BCUT2D eigenvalue weighted by Crippen LogP contribution is 2.29. The Morgan fingerprint density at radius 2 is 1.32 bits per heavy atom. The number of rotatable bonds is 1. The second-order valence-corrected chi connectivity index (χ2v) is 3.60. The third-order valence-electron chi connectivity index (χ3n) is 2.45. The summed E-state index contributed by atoms with van der Waals surface area (Å²) in [7, 11) is 0. The lowest BCUT2D eigenvalue weighted by Gasteiger charge is -2.08. The summed E-state index contributed by atoms with van der Waals surface area (Å²) in [4.78, 5) is 13.8. The van der Waals surface area contributed by atoms with Crippen LogP contribution in [-0.4, -0.2) is 4.98 Å². The summed E-state index contributed by atoms with van der Waals surface area (Å²) in [5, 5.41) is 0. The number of H-pyrrole nitrogens is 1. The number of aromatic nitrogens is 1. The van der Waals surface area contributed by atoms with E-state index in [1.165, 1.54) is 0 Å². The fourth-order valence-electron chi connectivity index (χ4n) is 1.53. The SMILES string of the molecule is Nc1c[nH]cc(-c2c(F)c(F)c(F)c(F)c2F)c1=O. The zero-order valence-corrected chi connectivity index (χ0v) is 9.03. The molecule has 3 nitrogen and oxygen atoms in total. The molecular weight excluding hydrogens is 271 g/mol. The minimum atomic E-state index is -2.29. The smallest absolute Gasteiger partial charge is 0.212 e. The number of halogens is 5. The van der Waals surface area contributed by atoms with Gasteiger partial charge in [-0.2, -0.15) is 0 Å². The van der Waals surface area contributed by atoms with Gasteiger partial charge in [0.05, 0.1) is 16.8 Å². The van der Waals surface area contributed by atoms with E-state index in [0.717, 1.165) is 12.4 Å². The first-order chi connectivity index (χ1) is 8.86. The van der Waals surface area contributed by atoms with Gasteiger partial charge in [-0.05, 0) is 0 Å². The number of aromatic amines is 1. The molecule has 0 radical (unpaired) electrons. The second-order valence-electron chi connectivity index (χ2n) is 3.60. The Labute approximate surface area is 102 Å². The van der Waals surface area contributed by atoms with Gasteiger partial charge in [-0.15, -0.1) is 0 Å². The molecule has 0 aliphatic carbocycles. The van der Waals surface area contributed by atoms with Crippen molar-refractivity contribution in [3.8, 4) is 11.1 Å². The Kier molecular flexibility index (Phi) is 3.01. The standard InChI is InChI=1S/C11H5F5N2O/c12-6-5(3-1-18-2-4(17)11(3)19)7(13)9(15)10(16)8(6)14/h1-2H,17H2,(H,18,19). The highest BCUT2D eigenvalue weighted by Gasteiger charge is 2.28. The van der Waals surface area contributed by atoms with E-state index < -0.39 is 51.3 Å². The molecule has 1 aromatic heterocycles. The maximum Gasteiger partial charge on any atom is 0.212 e. The fraction of sp³-hybridized carbons (Fsp3) is 0. The monoisotopic (exact) mass is 276 g/mol. The van der Waals surface area contributed by atoms with Crippen LogP contribution < -0.4 is 11.2 Å². The van der Waals surface area contributed by atoms with Crippen LogP contribution >= 0.6 is 0 Å². The molecule has 3 N–H and O–H groups in total. The number of hydrogen-bond acceptors (Lipinski definition) is 2. The van der Waals surface area contributed by atoms with E-state index >= 15 is 0 Å². The number of nitrogens with two attached hydrogens (primary N) is 1.